The lowest BCUT2D eigenvalue weighted by Gasteiger charge is -2.38. The van der Waals surface area contributed by atoms with Crippen molar-refractivity contribution < 1.29 is 9.53 Å². The van der Waals surface area contributed by atoms with E-state index in [0.29, 0.717) is 12.0 Å². The zero-order chi connectivity index (χ0) is 15.1. The smallest absolute Gasteiger partial charge is 0.409 e. The topological polar surface area (TPSA) is 41.6 Å². The molecule has 2 fully saturated rings. The second kappa shape index (κ2) is 8.62. The summed E-state index contributed by atoms with van der Waals surface area (Å²) in [5.74, 6) is 1.48. The highest BCUT2D eigenvalue weighted by Gasteiger charge is 2.30. The maximum Gasteiger partial charge on any atom is 0.409 e. The number of piperidine rings is 1. The Morgan fingerprint density at radius 2 is 2.00 bits per heavy atom. The molecular formula is C17H32N2O2. The molecule has 0 bridgehead atoms. The summed E-state index contributed by atoms with van der Waals surface area (Å²) in [6.45, 7) is 5.03. The number of unbranched alkanes of at least 4 members (excludes halogenated alkanes) is 1. The van der Waals surface area contributed by atoms with Gasteiger partial charge in [0, 0.05) is 19.1 Å². The van der Waals surface area contributed by atoms with Gasteiger partial charge in [0.15, 0.2) is 0 Å². The van der Waals surface area contributed by atoms with Crippen LogP contribution in [0.1, 0.15) is 58.3 Å². The van der Waals surface area contributed by atoms with Crippen LogP contribution in [0.3, 0.4) is 0 Å². The molecule has 2 aliphatic rings. The summed E-state index contributed by atoms with van der Waals surface area (Å²) >= 11 is 0. The molecule has 0 aromatic rings. The third-order valence-corrected chi connectivity index (χ3v) is 5.11. The number of carbonyl (C=O) groups is 1. The van der Waals surface area contributed by atoms with E-state index < -0.39 is 0 Å². The van der Waals surface area contributed by atoms with Crippen molar-refractivity contribution in [3.63, 3.8) is 0 Å². The van der Waals surface area contributed by atoms with Crippen LogP contribution >= 0.6 is 0 Å². The van der Waals surface area contributed by atoms with Crippen molar-refractivity contribution in [3.8, 4) is 0 Å². The van der Waals surface area contributed by atoms with Gasteiger partial charge < -0.3 is 15.0 Å². The maximum absolute atomic E-state index is 11.9. The lowest BCUT2D eigenvalue weighted by atomic mass is 9.90. The minimum atomic E-state index is -0.163. The zero-order valence-corrected chi connectivity index (χ0v) is 13.8. The molecule has 1 amide bonds. The number of rotatable bonds is 6. The minimum Gasteiger partial charge on any atom is -0.453 e. The van der Waals surface area contributed by atoms with E-state index in [1.54, 1.807) is 0 Å². The molecule has 1 saturated carbocycles. The Bertz CT molecular complexity index is 316. The summed E-state index contributed by atoms with van der Waals surface area (Å²) in [5, 5.41) is 3.73. The predicted octanol–water partition coefficient (Wildman–Crippen LogP) is 3.41. The van der Waals surface area contributed by atoms with Crippen LogP contribution in [0.5, 0.6) is 0 Å². The summed E-state index contributed by atoms with van der Waals surface area (Å²) in [7, 11) is 1.49. The second-order valence-corrected chi connectivity index (χ2v) is 6.87. The van der Waals surface area contributed by atoms with E-state index in [1.807, 2.05) is 4.90 Å². The van der Waals surface area contributed by atoms with Crippen molar-refractivity contribution >= 4 is 6.09 Å². The fraction of sp³-hybridized carbons (Fsp3) is 0.941. The molecule has 2 atom stereocenters. The van der Waals surface area contributed by atoms with Crippen molar-refractivity contribution in [1.82, 2.24) is 10.2 Å². The fourth-order valence-corrected chi connectivity index (χ4v) is 3.88. The first-order chi connectivity index (χ1) is 10.2. The zero-order valence-electron chi connectivity index (χ0n) is 13.8. The van der Waals surface area contributed by atoms with Crippen molar-refractivity contribution in [3.05, 3.63) is 0 Å². The molecule has 1 N–H and O–H groups in total. The van der Waals surface area contributed by atoms with E-state index in [0.717, 1.165) is 25.6 Å². The molecule has 4 nitrogen and oxygen atoms in total. The molecule has 0 spiro atoms. The van der Waals surface area contributed by atoms with E-state index in [9.17, 15) is 4.79 Å². The second-order valence-electron chi connectivity index (χ2n) is 6.87. The van der Waals surface area contributed by atoms with Gasteiger partial charge in [0.1, 0.15) is 0 Å². The third-order valence-electron chi connectivity index (χ3n) is 5.11. The monoisotopic (exact) mass is 296 g/mol. The molecule has 2 rings (SSSR count). The van der Waals surface area contributed by atoms with Crippen molar-refractivity contribution in [1.29, 1.82) is 0 Å². The first-order valence-electron chi connectivity index (χ1n) is 8.79. The molecule has 0 aromatic carbocycles. The van der Waals surface area contributed by atoms with Crippen LogP contribution < -0.4 is 5.32 Å². The van der Waals surface area contributed by atoms with Gasteiger partial charge in [-0.05, 0) is 44.1 Å². The van der Waals surface area contributed by atoms with Gasteiger partial charge in [-0.15, -0.1) is 0 Å². The number of carbonyl (C=O) groups excluding carboxylic acids is 1. The van der Waals surface area contributed by atoms with Crippen LogP contribution in [-0.4, -0.2) is 43.8 Å². The SMILES string of the molecule is CCCCC1CC(NCC2CCCC2)CN(C(=O)OC)C1. The van der Waals surface area contributed by atoms with Crippen LogP contribution in [0.2, 0.25) is 0 Å². The Morgan fingerprint density at radius 3 is 2.67 bits per heavy atom. The highest BCUT2D eigenvalue weighted by Crippen LogP contribution is 2.26. The highest BCUT2D eigenvalue weighted by atomic mass is 16.5. The molecule has 0 aromatic heterocycles. The van der Waals surface area contributed by atoms with Gasteiger partial charge in [-0.2, -0.15) is 0 Å². The molecule has 1 aliphatic carbocycles. The standard InChI is InChI=1S/C17H32N2O2/c1-3-4-7-15-10-16(13-19(12-15)17(20)21-2)18-11-14-8-5-6-9-14/h14-16,18H,3-13H2,1-2H3. The first-order valence-corrected chi connectivity index (χ1v) is 8.79. The van der Waals surface area contributed by atoms with Crippen LogP contribution in [-0.2, 0) is 4.74 Å². The number of likely N-dealkylation sites (tertiary alicyclic amines) is 1. The number of amides is 1. The number of nitrogens with one attached hydrogen (secondary N) is 1. The molecule has 2 unspecified atom stereocenters. The lowest BCUT2D eigenvalue weighted by molar-refractivity contribution is 0.0880. The van der Waals surface area contributed by atoms with E-state index in [4.69, 9.17) is 4.74 Å². The molecule has 4 heteroatoms. The summed E-state index contributed by atoms with van der Waals surface area (Å²) in [6.07, 6.45) is 10.3. The number of hydrogen-bond acceptors (Lipinski definition) is 3. The molecular weight excluding hydrogens is 264 g/mol. The Kier molecular flexibility index (Phi) is 6.81. The van der Waals surface area contributed by atoms with Gasteiger partial charge in [-0.3, -0.25) is 0 Å². The number of ether oxygens (including phenoxy) is 1. The average molecular weight is 296 g/mol. The summed E-state index contributed by atoms with van der Waals surface area (Å²) < 4.78 is 4.93. The number of methoxy groups -OCH3 is 1. The van der Waals surface area contributed by atoms with Gasteiger partial charge >= 0.3 is 6.09 Å². The van der Waals surface area contributed by atoms with E-state index in [2.05, 4.69) is 12.2 Å². The predicted molar refractivity (Wildman–Crippen MR) is 85.4 cm³/mol. The molecule has 1 aliphatic heterocycles. The van der Waals surface area contributed by atoms with E-state index in [-0.39, 0.29) is 6.09 Å². The minimum absolute atomic E-state index is 0.163. The summed E-state index contributed by atoms with van der Waals surface area (Å²) in [6, 6.07) is 0.445. The van der Waals surface area contributed by atoms with Crippen molar-refractivity contribution in [2.24, 2.45) is 11.8 Å². The van der Waals surface area contributed by atoms with Gasteiger partial charge in [0.05, 0.1) is 7.11 Å². The third kappa shape index (κ3) is 5.17. The van der Waals surface area contributed by atoms with Gasteiger partial charge in [-0.25, -0.2) is 4.79 Å². The Morgan fingerprint density at radius 1 is 1.24 bits per heavy atom. The number of nitrogens with zero attached hydrogens (tertiary/aromatic N) is 1. The fourth-order valence-electron chi connectivity index (χ4n) is 3.88. The first kappa shape index (κ1) is 16.6. The van der Waals surface area contributed by atoms with E-state index >= 15 is 0 Å². The van der Waals surface area contributed by atoms with Crippen molar-refractivity contribution in [2.75, 3.05) is 26.7 Å². The normalized spacial score (nSPS) is 27.0. The number of hydrogen-bond donors (Lipinski definition) is 1. The Balaban J connectivity index is 1.83. The molecule has 0 radical (unpaired) electrons. The Labute approximate surface area is 129 Å². The summed E-state index contributed by atoms with van der Waals surface area (Å²) in [5.41, 5.74) is 0. The maximum atomic E-state index is 11.9. The molecule has 1 saturated heterocycles. The van der Waals surface area contributed by atoms with Gasteiger partial charge in [-0.1, -0.05) is 32.6 Å². The molecule has 21 heavy (non-hydrogen) atoms. The lowest BCUT2D eigenvalue weighted by Crippen LogP contribution is -2.52. The Hall–Kier alpha value is -0.770. The van der Waals surface area contributed by atoms with Crippen LogP contribution in [0.4, 0.5) is 4.79 Å². The van der Waals surface area contributed by atoms with Crippen molar-refractivity contribution in [2.45, 2.75) is 64.3 Å². The van der Waals surface area contributed by atoms with Gasteiger partial charge in [0.25, 0.3) is 0 Å². The largest absolute Gasteiger partial charge is 0.453 e. The molecule has 122 valence electrons. The highest BCUT2D eigenvalue weighted by molar-refractivity contribution is 5.67. The van der Waals surface area contributed by atoms with E-state index in [1.165, 1.54) is 58.5 Å². The van der Waals surface area contributed by atoms with Crippen LogP contribution in [0.15, 0.2) is 0 Å². The van der Waals surface area contributed by atoms with Crippen LogP contribution in [0, 0.1) is 11.8 Å². The van der Waals surface area contributed by atoms with Gasteiger partial charge in [0.2, 0.25) is 0 Å². The summed E-state index contributed by atoms with van der Waals surface area (Å²) in [4.78, 5) is 13.8. The molecule has 1 heterocycles. The quantitative estimate of drug-likeness (QED) is 0.816. The average Bonchev–Trinajstić information content (AvgIpc) is 3.03. The van der Waals surface area contributed by atoms with Crippen LogP contribution in [0.25, 0.3) is 0 Å².